The molecule has 1 aliphatic rings. The van der Waals surface area contributed by atoms with Gasteiger partial charge in [0.25, 0.3) is 0 Å². The molecule has 0 unspecified atom stereocenters. The van der Waals surface area contributed by atoms with Crippen molar-refractivity contribution in [3.05, 3.63) is 217 Å². The van der Waals surface area contributed by atoms with Crippen molar-refractivity contribution in [2.24, 2.45) is 11.7 Å². The van der Waals surface area contributed by atoms with Crippen molar-refractivity contribution in [3.8, 4) is 22.3 Å². The van der Waals surface area contributed by atoms with Crippen LogP contribution in [0.15, 0.2) is 200 Å². The monoisotopic (exact) mass is 712 g/mol. The molecule has 6 N–H and O–H groups in total. The summed E-state index contributed by atoms with van der Waals surface area (Å²) < 4.78 is 0. The summed E-state index contributed by atoms with van der Waals surface area (Å²) in [5, 5.41) is 0. The fourth-order valence-corrected chi connectivity index (χ4v) is 5.81. The molecule has 0 amide bonds. The number of nitrogens with two attached hydrogens (primary N) is 3. The molecule has 1 heterocycles. The number of hydrazine groups is 1. The highest BCUT2D eigenvalue weighted by atomic mass is 15.1. The lowest BCUT2D eigenvalue weighted by Gasteiger charge is -2.31. The molecule has 0 saturated carbocycles. The van der Waals surface area contributed by atoms with E-state index < -0.39 is 0 Å². The first-order valence-corrected chi connectivity index (χ1v) is 18.4. The molecular formula is C50H56N4. The highest BCUT2D eigenvalue weighted by Gasteiger charge is 2.22. The summed E-state index contributed by atoms with van der Waals surface area (Å²) in [4.78, 5) is 2.34. The lowest BCUT2D eigenvalue weighted by molar-refractivity contribution is 1.10. The second-order valence-corrected chi connectivity index (χ2v) is 12.3. The maximum atomic E-state index is 5.36. The maximum Gasteiger partial charge on any atom is 0.0540 e. The number of para-hydroxylation sites is 2. The molecule has 0 atom stereocenters. The predicted molar refractivity (Wildman–Crippen MR) is 238 cm³/mol. The van der Waals surface area contributed by atoms with Gasteiger partial charge in [0.1, 0.15) is 0 Å². The molecule has 0 saturated heterocycles. The molecule has 0 spiro atoms. The Morgan fingerprint density at radius 1 is 0.630 bits per heavy atom. The molecule has 4 heteroatoms. The summed E-state index contributed by atoms with van der Waals surface area (Å²) in [6.45, 7) is 14.7. The molecule has 0 aromatic heterocycles. The van der Waals surface area contributed by atoms with Crippen LogP contribution in [0, 0.1) is 6.92 Å². The van der Waals surface area contributed by atoms with Crippen molar-refractivity contribution in [1.29, 1.82) is 0 Å². The quantitative estimate of drug-likeness (QED) is 0.0666. The van der Waals surface area contributed by atoms with E-state index in [1.807, 2.05) is 87.5 Å². The van der Waals surface area contributed by atoms with Gasteiger partial charge in [-0.3, -0.25) is 11.7 Å². The molecule has 1 aliphatic heterocycles. The Labute approximate surface area is 324 Å². The fraction of sp³-hybridized carbons (Fsp3) is 0.120. The van der Waals surface area contributed by atoms with Crippen LogP contribution in [0.1, 0.15) is 44.4 Å². The van der Waals surface area contributed by atoms with E-state index in [9.17, 15) is 0 Å². The number of rotatable bonds is 7. The third kappa shape index (κ3) is 12.8. The van der Waals surface area contributed by atoms with Gasteiger partial charge in [0.05, 0.1) is 11.4 Å². The van der Waals surface area contributed by atoms with Gasteiger partial charge in [0.15, 0.2) is 0 Å². The Balaban J connectivity index is 0.000000358. The first kappa shape index (κ1) is 42.2. The summed E-state index contributed by atoms with van der Waals surface area (Å²) in [5.41, 5.74) is 19.6. The van der Waals surface area contributed by atoms with E-state index in [0.29, 0.717) is 0 Å². The number of aryl methyl sites for hydroxylation is 1. The summed E-state index contributed by atoms with van der Waals surface area (Å²) in [6, 6.07) is 54.5. The Kier molecular flexibility index (Phi) is 18.3. The molecule has 0 aliphatic carbocycles. The van der Waals surface area contributed by atoms with Gasteiger partial charge in [-0.1, -0.05) is 189 Å². The number of nitrogen functional groups attached to an aromatic ring is 1. The van der Waals surface area contributed by atoms with Crippen molar-refractivity contribution in [2.45, 2.75) is 41.0 Å². The van der Waals surface area contributed by atoms with E-state index >= 15 is 0 Å². The number of nitrogens with zero attached hydrogens (tertiary/aromatic N) is 1. The maximum absolute atomic E-state index is 5.36. The lowest BCUT2D eigenvalue weighted by atomic mass is 9.92. The van der Waals surface area contributed by atoms with Crippen molar-refractivity contribution in [3.63, 3.8) is 0 Å². The van der Waals surface area contributed by atoms with Crippen LogP contribution in [0.3, 0.4) is 0 Å². The molecule has 6 aromatic rings. The van der Waals surface area contributed by atoms with Crippen molar-refractivity contribution >= 4 is 22.6 Å². The Hall–Kier alpha value is -6.20. The average molecular weight is 713 g/mol. The molecule has 0 fully saturated rings. The van der Waals surface area contributed by atoms with Crippen LogP contribution in [-0.2, 0) is 6.42 Å². The van der Waals surface area contributed by atoms with E-state index in [2.05, 4.69) is 158 Å². The average Bonchev–Trinajstić information content (AvgIpc) is 3.22. The standard InChI is InChI=1S/C35H31N.C7H8.C6H7N.C2H6.H4N2/c1-4-5-7-13-27(3)32-21-20-31-24-35(32)36(34-19-11-10-18-33(31)34)25-26(2)22-28-14-12-17-30(23-28)29-15-8-6-9-16-29;1-7-5-3-2-4-6-7;7-6-4-2-1-3-5-6;2*1-2/h4-21,23-25H,3,22H2,1-2H3;2-6H,1H3;1-5H,7H2;1-2H3;1-2H2/b5-4-,13-7-,26-25+;;;;. The van der Waals surface area contributed by atoms with E-state index in [0.717, 1.165) is 23.2 Å². The molecule has 4 nitrogen and oxygen atoms in total. The Morgan fingerprint density at radius 3 is 1.81 bits per heavy atom. The topological polar surface area (TPSA) is 81.3 Å². The highest BCUT2D eigenvalue weighted by Crippen LogP contribution is 2.45. The van der Waals surface area contributed by atoms with Gasteiger partial charge in [0, 0.05) is 23.0 Å². The molecule has 2 bridgehead atoms. The van der Waals surface area contributed by atoms with Crippen LogP contribution >= 0.6 is 0 Å². The minimum absolute atomic E-state index is 0.822. The van der Waals surface area contributed by atoms with E-state index in [1.54, 1.807) is 0 Å². The molecule has 0 radical (unpaired) electrons. The van der Waals surface area contributed by atoms with Crippen LogP contribution < -0.4 is 22.3 Å². The van der Waals surface area contributed by atoms with Crippen LogP contribution in [0.4, 0.5) is 17.1 Å². The number of hydrogen-bond donors (Lipinski definition) is 3. The Bertz CT molecular complexity index is 2040. The van der Waals surface area contributed by atoms with E-state index in [-0.39, 0.29) is 0 Å². The molecule has 54 heavy (non-hydrogen) atoms. The zero-order valence-corrected chi connectivity index (χ0v) is 32.5. The minimum atomic E-state index is 0.822. The second kappa shape index (κ2) is 23.4. The zero-order valence-electron chi connectivity index (χ0n) is 32.5. The van der Waals surface area contributed by atoms with Crippen molar-refractivity contribution in [1.82, 2.24) is 0 Å². The number of fused-ring (bicyclic) bond motifs is 4. The predicted octanol–water partition coefficient (Wildman–Crippen LogP) is 12.9. The fourth-order valence-electron chi connectivity index (χ4n) is 5.81. The van der Waals surface area contributed by atoms with Gasteiger partial charge >= 0.3 is 0 Å². The van der Waals surface area contributed by atoms with Gasteiger partial charge < -0.3 is 10.6 Å². The normalized spacial score (nSPS) is 11.0. The number of anilines is 3. The van der Waals surface area contributed by atoms with Crippen molar-refractivity contribution in [2.75, 3.05) is 10.6 Å². The van der Waals surface area contributed by atoms with Gasteiger partial charge in [-0.2, -0.15) is 0 Å². The number of hydrogen-bond acceptors (Lipinski definition) is 4. The van der Waals surface area contributed by atoms with Crippen molar-refractivity contribution < 1.29 is 0 Å². The molecular weight excluding hydrogens is 657 g/mol. The van der Waals surface area contributed by atoms with Crippen LogP contribution in [0.25, 0.3) is 27.8 Å². The van der Waals surface area contributed by atoms with E-state index in [1.165, 1.54) is 50.3 Å². The third-order valence-corrected chi connectivity index (χ3v) is 8.29. The summed E-state index contributed by atoms with van der Waals surface area (Å²) in [5.74, 6) is 8.00. The summed E-state index contributed by atoms with van der Waals surface area (Å²) in [6.07, 6.45) is 11.4. The van der Waals surface area contributed by atoms with Gasteiger partial charge in [-0.25, -0.2) is 0 Å². The zero-order chi connectivity index (χ0) is 39.1. The summed E-state index contributed by atoms with van der Waals surface area (Å²) >= 11 is 0. The van der Waals surface area contributed by atoms with Gasteiger partial charge in [-0.15, -0.1) is 0 Å². The smallest absolute Gasteiger partial charge is 0.0540 e. The van der Waals surface area contributed by atoms with Crippen LogP contribution in [0.2, 0.25) is 0 Å². The molecule has 6 aromatic carbocycles. The van der Waals surface area contributed by atoms with Gasteiger partial charge in [-0.05, 0) is 79.3 Å². The number of benzene rings is 6. The third-order valence-electron chi connectivity index (χ3n) is 8.29. The largest absolute Gasteiger partial charge is 0.399 e. The first-order valence-electron chi connectivity index (χ1n) is 18.4. The SMILES string of the molecule is C=C(/C=C\C=C/C)c1ccc2cc1N(/C=C(\C)Cc1cccc(-c3ccccc3)c1)c1ccccc1-2.CC.Cc1ccccc1.NN.Nc1ccccc1. The van der Waals surface area contributed by atoms with Crippen LogP contribution in [-0.4, -0.2) is 0 Å². The van der Waals surface area contributed by atoms with Crippen LogP contribution in [0.5, 0.6) is 0 Å². The lowest BCUT2D eigenvalue weighted by Crippen LogP contribution is -2.16. The first-order chi connectivity index (χ1) is 26.4. The van der Waals surface area contributed by atoms with Gasteiger partial charge in [0.2, 0.25) is 0 Å². The summed E-state index contributed by atoms with van der Waals surface area (Å²) in [7, 11) is 0. The Morgan fingerprint density at radius 2 is 1.22 bits per heavy atom. The second-order valence-electron chi connectivity index (χ2n) is 12.3. The van der Waals surface area contributed by atoms with E-state index in [4.69, 9.17) is 5.73 Å². The highest BCUT2D eigenvalue weighted by molar-refractivity contribution is 5.95. The number of allylic oxidation sites excluding steroid dienone is 6. The molecule has 7 rings (SSSR count). The minimum Gasteiger partial charge on any atom is -0.399 e. The molecule has 276 valence electrons.